The van der Waals surface area contributed by atoms with Gasteiger partial charge in [-0.1, -0.05) is 0 Å². The molecule has 5 rings (SSSR count). The van der Waals surface area contributed by atoms with E-state index in [9.17, 15) is 4.79 Å². The van der Waals surface area contributed by atoms with Crippen molar-refractivity contribution >= 4 is 28.9 Å². The van der Waals surface area contributed by atoms with Crippen molar-refractivity contribution in [1.82, 2.24) is 14.9 Å². The zero-order valence-corrected chi connectivity index (χ0v) is 17.1. The van der Waals surface area contributed by atoms with E-state index in [4.69, 9.17) is 15.2 Å². The number of aliphatic imine (C=N–C) groups is 1. The molecule has 8 nitrogen and oxygen atoms in total. The van der Waals surface area contributed by atoms with Gasteiger partial charge in [-0.2, -0.15) is 0 Å². The van der Waals surface area contributed by atoms with Crippen LogP contribution in [0.3, 0.4) is 0 Å². The maximum absolute atomic E-state index is 11.6. The summed E-state index contributed by atoms with van der Waals surface area (Å²) in [6, 6.07) is 4.69. The highest BCUT2D eigenvalue weighted by molar-refractivity contribution is 5.90. The summed E-state index contributed by atoms with van der Waals surface area (Å²) in [6.45, 7) is 4.01. The number of carbonyl (C=O) groups excluding carboxylic acids is 1. The molecule has 158 valence electrons. The van der Waals surface area contributed by atoms with E-state index >= 15 is 0 Å². The topological polar surface area (TPSA) is 104 Å². The molecule has 8 heteroatoms. The molecule has 1 saturated carbocycles. The summed E-state index contributed by atoms with van der Waals surface area (Å²) in [5, 5.41) is 2.89. The molecule has 3 N–H and O–H groups in total. The molecule has 1 aromatic heterocycles. The number of allylic oxidation sites excluding steroid dienone is 1. The molecule has 2 aliphatic heterocycles. The van der Waals surface area contributed by atoms with E-state index in [1.165, 1.54) is 0 Å². The lowest BCUT2D eigenvalue weighted by Crippen LogP contribution is -2.31. The second-order valence-electron chi connectivity index (χ2n) is 8.43. The van der Waals surface area contributed by atoms with E-state index in [2.05, 4.69) is 19.9 Å². The Morgan fingerprint density at radius 2 is 2.27 bits per heavy atom. The van der Waals surface area contributed by atoms with Crippen LogP contribution in [0.2, 0.25) is 0 Å². The Morgan fingerprint density at radius 1 is 1.43 bits per heavy atom. The van der Waals surface area contributed by atoms with Crippen LogP contribution in [0.4, 0.5) is 0 Å². The van der Waals surface area contributed by atoms with Crippen molar-refractivity contribution < 1.29 is 14.3 Å². The predicted octanol–water partition coefficient (Wildman–Crippen LogP) is 2.04. The molecule has 1 amide bonds. The predicted molar refractivity (Wildman–Crippen MR) is 114 cm³/mol. The number of hydrogen-bond acceptors (Lipinski definition) is 6. The molecule has 3 heterocycles. The molecule has 30 heavy (non-hydrogen) atoms. The molecular weight excluding hydrogens is 382 g/mol. The van der Waals surface area contributed by atoms with Crippen LogP contribution in [-0.4, -0.2) is 53.6 Å². The first-order chi connectivity index (χ1) is 14.6. The summed E-state index contributed by atoms with van der Waals surface area (Å²) in [6.07, 6.45) is 8.16. The standard InChI is InChI=1S/C22H27N5O3/c1-13(15-8-21(28)25-9-15)30-20-7-14(18(23)4-5-24-16-10-29-11-16)6-19-22(20)27(12-26-19)17-2-3-17/h4-7,12-13,15-17H,2-3,8-11,23H2,1H3,(H,25,28)/t13-,15-/m1/s1. The first-order valence-corrected chi connectivity index (χ1v) is 10.6. The second kappa shape index (κ2) is 7.75. The van der Waals surface area contributed by atoms with Crippen LogP contribution in [-0.2, 0) is 9.53 Å². The molecule has 1 aromatic carbocycles. The highest BCUT2D eigenvalue weighted by atomic mass is 16.5. The van der Waals surface area contributed by atoms with Gasteiger partial charge in [0.15, 0.2) is 0 Å². The number of nitrogens with one attached hydrogen (secondary N) is 1. The lowest BCUT2D eigenvalue weighted by molar-refractivity contribution is -0.119. The average molecular weight is 409 g/mol. The third-order valence-corrected chi connectivity index (χ3v) is 6.07. The van der Waals surface area contributed by atoms with Crippen molar-refractivity contribution in [3.05, 3.63) is 30.1 Å². The van der Waals surface area contributed by atoms with E-state index in [0.717, 1.165) is 35.2 Å². The highest BCUT2D eigenvalue weighted by Gasteiger charge is 2.30. The van der Waals surface area contributed by atoms with E-state index in [1.807, 2.05) is 31.5 Å². The lowest BCUT2D eigenvalue weighted by atomic mass is 10.0. The Hall–Kier alpha value is -2.87. The number of fused-ring (bicyclic) bond motifs is 1. The van der Waals surface area contributed by atoms with Crippen LogP contribution in [0, 0.1) is 5.92 Å². The third kappa shape index (κ3) is 3.79. The van der Waals surface area contributed by atoms with E-state index in [1.54, 1.807) is 6.21 Å². The number of aromatic nitrogens is 2. The number of carbonyl (C=O) groups is 1. The summed E-state index contributed by atoms with van der Waals surface area (Å²) in [5.41, 5.74) is 9.67. The van der Waals surface area contributed by atoms with Gasteiger partial charge in [0.25, 0.3) is 0 Å². The summed E-state index contributed by atoms with van der Waals surface area (Å²) >= 11 is 0. The fourth-order valence-corrected chi connectivity index (χ4v) is 3.93. The maximum Gasteiger partial charge on any atom is 0.220 e. The monoisotopic (exact) mass is 409 g/mol. The molecule has 3 fully saturated rings. The third-order valence-electron chi connectivity index (χ3n) is 6.07. The molecule has 3 aliphatic rings. The lowest BCUT2D eigenvalue weighted by Gasteiger charge is -2.21. The van der Waals surface area contributed by atoms with Gasteiger partial charge < -0.3 is 25.1 Å². The highest BCUT2D eigenvalue weighted by Crippen LogP contribution is 2.40. The van der Waals surface area contributed by atoms with Gasteiger partial charge in [-0.05, 0) is 38.0 Å². The number of imidazole rings is 1. The molecule has 0 bridgehead atoms. The number of amides is 1. The Bertz CT molecular complexity index is 1020. The molecular formula is C22H27N5O3. The normalized spacial score (nSPS) is 23.7. The molecule has 0 unspecified atom stereocenters. The smallest absolute Gasteiger partial charge is 0.220 e. The van der Waals surface area contributed by atoms with Gasteiger partial charge in [-0.15, -0.1) is 0 Å². The molecule has 0 radical (unpaired) electrons. The van der Waals surface area contributed by atoms with Crippen LogP contribution in [0.1, 0.15) is 37.8 Å². The minimum atomic E-state index is -0.102. The zero-order valence-electron chi connectivity index (χ0n) is 17.1. The number of nitrogens with two attached hydrogens (primary N) is 1. The quantitative estimate of drug-likeness (QED) is 0.681. The fourth-order valence-electron chi connectivity index (χ4n) is 3.93. The summed E-state index contributed by atoms with van der Waals surface area (Å²) in [7, 11) is 0. The molecule has 2 aromatic rings. The molecule has 2 atom stereocenters. The van der Waals surface area contributed by atoms with Gasteiger partial charge in [-0.25, -0.2) is 4.98 Å². The Kier molecular flexibility index (Phi) is 4.94. The summed E-state index contributed by atoms with van der Waals surface area (Å²) < 4.78 is 13.8. The van der Waals surface area contributed by atoms with Crippen molar-refractivity contribution in [2.24, 2.45) is 16.6 Å². The van der Waals surface area contributed by atoms with Crippen molar-refractivity contribution in [2.45, 2.75) is 44.4 Å². The first-order valence-electron chi connectivity index (χ1n) is 10.6. The first kappa shape index (κ1) is 19.1. The van der Waals surface area contributed by atoms with E-state index < -0.39 is 0 Å². The minimum Gasteiger partial charge on any atom is -0.488 e. The maximum atomic E-state index is 11.6. The van der Waals surface area contributed by atoms with Gasteiger partial charge in [0.05, 0.1) is 31.1 Å². The molecule has 1 aliphatic carbocycles. The van der Waals surface area contributed by atoms with Gasteiger partial charge in [0.2, 0.25) is 5.91 Å². The average Bonchev–Trinajstić information content (AvgIpc) is 3.29. The number of nitrogens with zero attached hydrogens (tertiary/aromatic N) is 3. The van der Waals surface area contributed by atoms with Crippen LogP contribution in [0.15, 0.2) is 29.5 Å². The van der Waals surface area contributed by atoms with Crippen molar-refractivity contribution in [1.29, 1.82) is 0 Å². The molecule has 2 saturated heterocycles. The van der Waals surface area contributed by atoms with Gasteiger partial charge in [0.1, 0.15) is 17.4 Å². The minimum absolute atomic E-state index is 0.0840. The largest absolute Gasteiger partial charge is 0.488 e. The SMILES string of the molecule is C[C@@H](Oc1cc(C(N)=CC=NC2COC2)cc2ncn(C3CC3)c12)[C@H]1CNC(=O)C1. The Labute approximate surface area is 175 Å². The summed E-state index contributed by atoms with van der Waals surface area (Å²) in [5.74, 6) is 0.998. The van der Waals surface area contributed by atoms with Gasteiger partial charge >= 0.3 is 0 Å². The fraction of sp³-hybridized carbons (Fsp3) is 0.500. The Balaban J connectivity index is 1.46. The van der Waals surface area contributed by atoms with E-state index in [-0.39, 0.29) is 24.0 Å². The number of benzene rings is 1. The summed E-state index contributed by atoms with van der Waals surface area (Å²) in [4.78, 5) is 20.7. The number of ether oxygens (including phenoxy) is 2. The number of hydrogen-bond donors (Lipinski definition) is 2. The van der Waals surface area contributed by atoms with E-state index in [0.29, 0.717) is 37.9 Å². The van der Waals surface area contributed by atoms with Gasteiger partial charge in [-0.3, -0.25) is 9.79 Å². The second-order valence-corrected chi connectivity index (χ2v) is 8.43. The van der Waals surface area contributed by atoms with Crippen molar-refractivity contribution in [3.8, 4) is 5.75 Å². The van der Waals surface area contributed by atoms with Crippen molar-refractivity contribution in [3.63, 3.8) is 0 Å². The zero-order chi connectivity index (χ0) is 20.7. The van der Waals surface area contributed by atoms with Gasteiger partial charge in [0, 0.05) is 42.4 Å². The van der Waals surface area contributed by atoms with Crippen LogP contribution < -0.4 is 15.8 Å². The van der Waals surface area contributed by atoms with Crippen molar-refractivity contribution in [2.75, 3.05) is 19.8 Å². The van der Waals surface area contributed by atoms with Crippen LogP contribution >= 0.6 is 0 Å². The van der Waals surface area contributed by atoms with Crippen LogP contribution in [0.25, 0.3) is 16.7 Å². The molecule has 0 spiro atoms. The number of rotatable bonds is 7. The Morgan fingerprint density at radius 3 is 2.93 bits per heavy atom. The van der Waals surface area contributed by atoms with Crippen LogP contribution in [0.5, 0.6) is 5.75 Å².